The third kappa shape index (κ3) is 2.99. The summed E-state index contributed by atoms with van der Waals surface area (Å²) in [5.74, 6) is -0.899. The van der Waals surface area contributed by atoms with E-state index in [2.05, 4.69) is 15.9 Å². The minimum absolute atomic E-state index is 0.361. The highest BCUT2D eigenvalue weighted by molar-refractivity contribution is 9.10. The van der Waals surface area contributed by atoms with E-state index in [-0.39, 0.29) is 0 Å². The van der Waals surface area contributed by atoms with Gasteiger partial charge in [-0.15, -0.1) is 0 Å². The molecular formula is C17H15BrO2. The maximum atomic E-state index is 11.7. The van der Waals surface area contributed by atoms with Crippen molar-refractivity contribution in [3.05, 3.63) is 70.2 Å². The summed E-state index contributed by atoms with van der Waals surface area (Å²) in [6.07, 6.45) is 0.652. The first-order valence-electron chi connectivity index (χ1n) is 6.42. The second-order valence-electron chi connectivity index (χ2n) is 4.36. The van der Waals surface area contributed by atoms with E-state index in [1.807, 2.05) is 61.5 Å². The lowest BCUT2D eigenvalue weighted by Gasteiger charge is -2.13. The van der Waals surface area contributed by atoms with Gasteiger partial charge in [0.2, 0.25) is 0 Å². The van der Waals surface area contributed by atoms with Gasteiger partial charge in [0.05, 0.1) is 5.57 Å². The molecular weight excluding hydrogens is 316 g/mol. The first-order valence-corrected chi connectivity index (χ1v) is 7.21. The monoisotopic (exact) mass is 330 g/mol. The molecule has 1 N–H and O–H groups in total. The van der Waals surface area contributed by atoms with Gasteiger partial charge in [0, 0.05) is 4.47 Å². The molecule has 0 saturated heterocycles. The Bertz CT molecular complexity index is 645. The molecule has 0 aliphatic carbocycles. The van der Waals surface area contributed by atoms with Crippen LogP contribution in [0.25, 0.3) is 11.1 Å². The fourth-order valence-electron chi connectivity index (χ4n) is 2.24. The predicted octanol–water partition coefficient (Wildman–Crippen LogP) is 4.85. The maximum Gasteiger partial charge on any atom is 0.336 e. The molecule has 0 amide bonds. The average Bonchev–Trinajstić information content (AvgIpc) is 2.46. The van der Waals surface area contributed by atoms with Crippen molar-refractivity contribution in [3.63, 3.8) is 0 Å². The number of allylic oxidation sites excluding steroid dienone is 1. The van der Waals surface area contributed by atoms with E-state index < -0.39 is 5.97 Å². The molecule has 0 saturated carbocycles. The molecule has 102 valence electrons. The van der Waals surface area contributed by atoms with Crippen molar-refractivity contribution in [2.45, 2.75) is 13.3 Å². The number of carbonyl (C=O) groups is 1. The number of halogens is 1. The van der Waals surface area contributed by atoms with Crippen LogP contribution in [0, 0.1) is 0 Å². The smallest absolute Gasteiger partial charge is 0.336 e. The Balaban J connectivity index is 2.70. The van der Waals surface area contributed by atoms with Gasteiger partial charge in [-0.1, -0.05) is 71.4 Å². The summed E-state index contributed by atoms with van der Waals surface area (Å²) in [7, 11) is 0. The number of rotatable bonds is 4. The van der Waals surface area contributed by atoms with Gasteiger partial charge in [-0.2, -0.15) is 0 Å². The number of hydrogen-bond donors (Lipinski definition) is 1. The van der Waals surface area contributed by atoms with Crippen LogP contribution in [-0.4, -0.2) is 11.1 Å². The van der Waals surface area contributed by atoms with Gasteiger partial charge in [-0.3, -0.25) is 0 Å². The third-order valence-corrected chi connectivity index (χ3v) is 3.82. The second kappa shape index (κ2) is 6.53. The van der Waals surface area contributed by atoms with Crippen molar-refractivity contribution in [3.8, 4) is 0 Å². The summed E-state index contributed by atoms with van der Waals surface area (Å²) in [6, 6.07) is 16.9. The molecule has 0 aliphatic rings. The van der Waals surface area contributed by atoms with Crippen molar-refractivity contribution in [1.82, 2.24) is 0 Å². The molecule has 0 atom stereocenters. The van der Waals surface area contributed by atoms with E-state index in [1.54, 1.807) is 0 Å². The lowest BCUT2D eigenvalue weighted by atomic mass is 9.93. The molecule has 0 fully saturated rings. The topological polar surface area (TPSA) is 37.3 Å². The van der Waals surface area contributed by atoms with Gasteiger partial charge in [-0.25, -0.2) is 4.79 Å². The highest BCUT2D eigenvalue weighted by Gasteiger charge is 2.18. The van der Waals surface area contributed by atoms with Crippen LogP contribution in [0.15, 0.2) is 59.1 Å². The zero-order chi connectivity index (χ0) is 14.5. The number of carboxylic acid groups (broad SMARTS) is 1. The molecule has 0 aliphatic heterocycles. The highest BCUT2D eigenvalue weighted by atomic mass is 79.9. The summed E-state index contributed by atoms with van der Waals surface area (Å²) >= 11 is 3.50. The standard InChI is InChI=1S/C17H15BrO2/c1-2-13(14-10-6-7-11-15(14)18)16(17(19)20)12-8-4-3-5-9-12/h3-11H,2H2,1H3,(H,19,20). The maximum absolute atomic E-state index is 11.7. The lowest BCUT2D eigenvalue weighted by Crippen LogP contribution is -2.04. The first-order chi connectivity index (χ1) is 9.65. The van der Waals surface area contributed by atoms with Gasteiger partial charge in [0.25, 0.3) is 0 Å². The summed E-state index contributed by atoms with van der Waals surface area (Å²) < 4.78 is 0.909. The average molecular weight is 331 g/mol. The summed E-state index contributed by atoms with van der Waals surface area (Å²) in [6.45, 7) is 1.97. The molecule has 0 spiro atoms. The zero-order valence-corrected chi connectivity index (χ0v) is 12.7. The molecule has 3 heteroatoms. The fraction of sp³-hybridized carbons (Fsp3) is 0.118. The zero-order valence-electron chi connectivity index (χ0n) is 11.1. The van der Waals surface area contributed by atoms with Gasteiger partial charge in [0.15, 0.2) is 0 Å². The lowest BCUT2D eigenvalue weighted by molar-refractivity contribution is -0.130. The highest BCUT2D eigenvalue weighted by Crippen LogP contribution is 2.33. The number of benzene rings is 2. The Morgan fingerprint density at radius 1 is 1.05 bits per heavy atom. The van der Waals surface area contributed by atoms with Crippen LogP contribution < -0.4 is 0 Å². The second-order valence-corrected chi connectivity index (χ2v) is 5.21. The van der Waals surface area contributed by atoms with E-state index in [0.717, 1.165) is 21.2 Å². The van der Waals surface area contributed by atoms with Gasteiger partial charge in [-0.05, 0) is 29.2 Å². The molecule has 2 aromatic carbocycles. The number of carboxylic acids is 1. The van der Waals surface area contributed by atoms with E-state index in [1.165, 1.54) is 0 Å². The predicted molar refractivity (Wildman–Crippen MR) is 85.3 cm³/mol. The van der Waals surface area contributed by atoms with Crippen molar-refractivity contribution in [2.24, 2.45) is 0 Å². The Labute approximate surface area is 126 Å². The summed E-state index contributed by atoms with van der Waals surface area (Å²) in [4.78, 5) is 11.7. The van der Waals surface area contributed by atoms with Crippen molar-refractivity contribution >= 4 is 33.0 Å². The molecule has 2 aromatic rings. The van der Waals surface area contributed by atoms with Crippen LogP contribution in [0.4, 0.5) is 0 Å². The molecule has 0 unspecified atom stereocenters. The minimum Gasteiger partial charge on any atom is -0.478 e. The molecule has 0 heterocycles. The van der Waals surface area contributed by atoms with E-state index in [0.29, 0.717) is 12.0 Å². The Hall–Kier alpha value is -1.87. The number of hydrogen-bond acceptors (Lipinski definition) is 1. The number of aliphatic carboxylic acids is 1. The molecule has 0 aromatic heterocycles. The van der Waals surface area contributed by atoms with Crippen molar-refractivity contribution in [2.75, 3.05) is 0 Å². The molecule has 2 nitrogen and oxygen atoms in total. The minimum atomic E-state index is -0.899. The van der Waals surface area contributed by atoms with Crippen LogP contribution in [0.1, 0.15) is 24.5 Å². The molecule has 20 heavy (non-hydrogen) atoms. The summed E-state index contributed by atoms with van der Waals surface area (Å²) in [5, 5.41) is 9.61. The SMILES string of the molecule is CCC(=C(C(=O)O)c1ccccc1)c1ccccc1Br. The van der Waals surface area contributed by atoms with Crippen LogP contribution in [0.2, 0.25) is 0 Å². The van der Waals surface area contributed by atoms with Gasteiger partial charge >= 0.3 is 5.97 Å². The quantitative estimate of drug-likeness (QED) is 0.642. The normalized spacial score (nSPS) is 11.9. The molecule has 0 bridgehead atoms. The molecule has 2 rings (SSSR count). The third-order valence-electron chi connectivity index (χ3n) is 3.13. The fourth-order valence-corrected chi connectivity index (χ4v) is 2.76. The van der Waals surface area contributed by atoms with Crippen molar-refractivity contribution in [1.29, 1.82) is 0 Å². The van der Waals surface area contributed by atoms with Crippen LogP contribution in [-0.2, 0) is 4.79 Å². The Morgan fingerprint density at radius 2 is 1.65 bits per heavy atom. The van der Waals surface area contributed by atoms with Gasteiger partial charge < -0.3 is 5.11 Å². The summed E-state index contributed by atoms with van der Waals surface area (Å²) in [5.41, 5.74) is 2.85. The van der Waals surface area contributed by atoms with Crippen LogP contribution in [0.5, 0.6) is 0 Å². The largest absolute Gasteiger partial charge is 0.478 e. The first kappa shape index (κ1) is 14.5. The Morgan fingerprint density at radius 3 is 2.20 bits per heavy atom. The van der Waals surface area contributed by atoms with Crippen LogP contribution in [0.3, 0.4) is 0 Å². The van der Waals surface area contributed by atoms with Gasteiger partial charge in [0.1, 0.15) is 0 Å². The van der Waals surface area contributed by atoms with E-state index >= 15 is 0 Å². The van der Waals surface area contributed by atoms with E-state index in [4.69, 9.17) is 0 Å². The van der Waals surface area contributed by atoms with Crippen LogP contribution >= 0.6 is 15.9 Å². The Kier molecular flexibility index (Phi) is 4.74. The molecule has 0 radical (unpaired) electrons. The van der Waals surface area contributed by atoms with E-state index in [9.17, 15) is 9.90 Å². The van der Waals surface area contributed by atoms with Crippen molar-refractivity contribution < 1.29 is 9.90 Å².